The Morgan fingerprint density at radius 1 is 1.05 bits per heavy atom. The lowest BCUT2D eigenvalue weighted by atomic mass is 9.85. The molecule has 2 aromatic rings. The van der Waals surface area contributed by atoms with E-state index in [1.54, 1.807) is 0 Å². The highest BCUT2D eigenvalue weighted by Crippen LogP contribution is 2.40. The summed E-state index contributed by atoms with van der Waals surface area (Å²) in [6.07, 6.45) is 0. The van der Waals surface area contributed by atoms with E-state index >= 15 is 0 Å². The predicted molar refractivity (Wildman–Crippen MR) is 79.5 cm³/mol. The number of aryl methyl sites for hydroxylation is 1. The fraction of sp³-hybridized carbons (Fsp3) is 0.294. The molecule has 3 rings (SSSR count). The van der Waals surface area contributed by atoms with Crippen molar-refractivity contribution >= 4 is 5.69 Å². The van der Waals surface area contributed by atoms with Gasteiger partial charge in [-0.2, -0.15) is 0 Å². The maximum atomic E-state index is 6.00. The van der Waals surface area contributed by atoms with E-state index in [2.05, 4.69) is 44.2 Å². The summed E-state index contributed by atoms with van der Waals surface area (Å²) in [5.74, 6) is 1.01. The summed E-state index contributed by atoms with van der Waals surface area (Å²) in [6.45, 7) is 7.21. The highest BCUT2D eigenvalue weighted by Gasteiger charge is 2.31. The number of benzene rings is 2. The van der Waals surface area contributed by atoms with Crippen LogP contribution in [0.1, 0.15) is 25.0 Å². The van der Waals surface area contributed by atoms with E-state index in [0.717, 1.165) is 29.2 Å². The number of fused-ring (bicyclic) bond motifs is 1. The smallest absolute Gasteiger partial charge is 0.123 e. The second kappa shape index (κ2) is 4.02. The number of hydrogen-bond acceptors (Lipinski definition) is 2. The van der Waals surface area contributed by atoms with Crippen LogP contribution in [0.3, 0.4) is 0 Å². The molecule has 0 saturated heterocycles. The first-order chi connectivity index (χ1) is 8.97. The summed E-state index contributed by atoms with van der Waals surface area (Å²) in [7, 11) is 0. The van der Waals surface area contributed by atoms with Gasteiger partial charge in [-0.05, 0) is 41.8 Å². The lowest BCUT2D eigenvalue weighted by Crippen LogP contribution is -2.18. The van der Waals surface area contributed by atoms with Gasteiger partial charge in [0, 0.05) is 16.7 Å². The van der Waals surface area contributed by atoms with Crippen LogP contribution in [0.4, 0.5) is 5.69 Å². The van der Waals surface area contributed by atoms with Crippen LogP contribution in [0.5, 0.6) is 5.75 Å². The molecule has 98 valence electrons. The molecule has 0 radical (unpaired) electrons. The first-order valence-electron chi connectivity index (χ1n) is 6.61. The maximum Gasteiger partial charge on any atom is 0.123 e. The third-order valence-electron chi connectivity index (χ3n) is 3.91. The first-order valence-corrected chi connectivity index (χ1v) is 6.61. The second-order valence-electron chi connectivity index (χ2n) is 5.95. The van der Waals surface area contributed by atoms with E-state index in [1.165, 1.54) is 11.1 Å². The molecule has 0 amide bonds. The minimum absolute atomic E-state index is 0.0849. The summed E-state index contributed by atoms with van der Waals surface area (Å²) >= 11 is 0. The van der Waals surface area contributed by atoms with Gasteiger partial charge in [-0.15, -0.1) is 0 Å². The molecule has 0 saturated carbocycles. The quantitative estimate of drug-likeness (QED) is 0.782. The van der Waals surface area contributed by atoms with Crippen molar-refractivity contribution in [3.8, 4) is 16.9 Å². The van der Waals surface area contributed by atoms with E-state index in [-0.39, 0.29) is 5.41 Å². The van der Waals surface area contributed by atoms with Gasteiger partial charge in [-0.25, -0.2) is 0 Å². The zero-order chi connectivity index (χ0) is 13.6. The Balaban J connectivity index is 2.10. The summed E-state index contributed by atoms with van der Waals surface area (Å²) in [5.41, 5.74) is 11.7. The molecule has 0 aliphatic carbocycles. The van der Waals surface area contributed by atoms with Gasteiger partial charge in [0.1, 0.15) is 5.75 Å². The van der Waals surface area contributed by atoms with Crippen LogP contribution >= 0.6 is 0 Å². The topological polar surface area (TPSA) is 35.2 Å². The van der Waals surface area contributed by atoms with Crippen LogP contribution in [0.15, 0.2) is 36.4 Å². The van der Waals surface area contributed by atoms with Crippen molar-refractivity contribution in [1.82, 2.24) is 0 Å². The van der Waals surface area contributed by atoms with Gasteiger partial charge in [0.2, 0.25) is 0 Å². The predicted octanol–water partition coefficient (Wildman–Crippen LogP) is 3.91. The summed E-state index contributed by atoms with van der Waals surface area (Å²) in [6, 6.07) is 12.6. The average Bonchev–Trinajstić information content (AvgIpc) is 2.69. The van der Waals surface area contributed by atoms with Crippen molar-refractivity contribution in [2.45, 2.75) is 26.2 Å². The van der Waals surface area contributed by atoms with Crippen LogP contribution in [-0.2, 0) is 5.41 Å². The molecular formula is C17H19NO. The molecule has 0 atom stereocenters. The molecule has 2 heteroatoms. The van der Waals surface area contributed by atoms with E-state index in [0.29, 0.717) is 0 Å². The molecule has 1 heterocycles. The number of hydrogen-bond donors (Lipinski definition) is 1. The highest BCUT2D eigenvalue weighted by atomic mass is 16.5. The second-order valence-corrected chi connectivity index (χ2v) is 5.95. The van der Waals surface area contributed by atoms with Gasteiger partial charge in [0.25, 0.3) is 0 Å². The van der Waals surface area contributed by atoms with Gasteiger partial charge in [-0.3, -0.25) is 0 Å². The van der Waals surface area contributed by atoms with Crippen LogP contribution in [0.2, 0.25) is 0 Å². The Morgan fingerprint density at radius 3 is 2.47 bits per heavy atom. The standard InChI is InChI=1S/C17H19NO/c1-11-4-5-13(9-15(11)18)12-6-7-16-14(8-12)17(2,3)10-19-16/h4-9H,10,18H2,1-3H3. The first kappa shape index (κ1) is 12.1. The molecule has 0 aromatic heterocycles. The molecule has 2 aromatic carbocycles. The van der Waals surface area contributed by atoms with Gasteiger partial charge in [0.15, 0.2) is 0 Å². The van der Waals surface area contributed by atoms with Crippen LogP contribution in [0.25, 0.3) is 11.1 Å². The minimum atomic E-state index is 0.0849. The van der Waals surface area contributed by atoms with Gasteiger partial charge in [0.05, 0.1) is 6.61 Å². The number of nitrogen functional groups attached to an aromatic ring is 1. The maximum absolute atomic E-state index is 6.00. The average molecular weight is 253 g/mol. The summed E-state index contributed by atoms with van der Waals surface area (Å²) in [4.78, 5) is 0. The molecule has 2 nitrogen and oxygen atoms in total. The molecule has 19 heavy (non-hydrogen) atoms. The van der Waals surface area contributed by atoms with Gasteiger partial charge >= 0.3 is 0 Å². The molecule has 1 aliphatic heterocycles. The van der Waals surface area contributed by atoms with E-state index in [1.807, 2.05) is 13.0 Å². The van der Waals surface area contributed by atoms with Crippen LogP contribution in [-0.4, -0.2) is 6.61 Å². The fourth-order valence-electron chi connectivity index (χ4n) is 2.52. The Bertz CT molecular complexity index is 644. The molecular weight excluding hydrogens is 234 g/mol. The largest absolute Gasteiger partial charge is 0.492 e. The van der Waals surface area contributed by atoms with Crippen molar-refractivity contribution < 1.29 is 4.74 Å². The molecule has 0 fully saturated rings. The lowest BCUT2D eigenvalue weighted by Gasteiger charge is -2.16. The van der Waals surface area contributed by atoms with E-state index in [4.69, 9.17) is 10.5 Å². The number of ether oxygens (including phenoxy) is 1. The van der Waals surface area contributed by atoms with Gasteiger partial charge in [-0.1, -0.05) is 32.0 Å². The normalized spacial score (nSPS) is 15.9. The zero-order valence-electron chi connectivity index (χ0n) is 11.7. The number of rotatable bonds is 1. The minimum Gasteiger partial charge on any atom is -0.492 e. The highest BCUT2D eigenvalue weighted by molar-refractivity contribution is 5.71. The van der Waals surface area contributed by atoms with Crippen molar-refractivity contribution in [3.63, 3.8) is 0 Å². The number of anilines is 1. The lowest BCUT2D eigenvalue weighted by molar-refractivity contribution is 0.291. The Morgan fingerprint density at radius 2 is 1.74 bits per heavy atom. The third kappa shape index (κ3) is 1.97. The van der Waals surface area contributed by atoms with Crippen molar-refractivity contribution in [1.29, 1.82) is 0 Å². The Hall–Kier alpha value is -1.96. The Kier molecular flexibility index (Phi) is 2.56. The number of nitrogens with two attached hydrogens (primary N) is 1. The van der Waals surface area contributed by atoms with Crippen molar-refractivity contribution in [2.75, 3.05) is 12.3 Å². The molecule has 2 N–H and O–H groups in total. The molecule has 0 bridgehead atoms. The van der Waals surface area contributed by atoms with Crippen molar-refractivity contribution in [2.24, 2.45) is 0 Å². The molecule has 0 spiro atoms. The van der Waals surface area contributed by atoms with E-state index in [9.17, 15) is 0 Å². The van der Waals surface area contributed by atoms with Gasteiger partial charge < -0.3 is 10.5 Å². The van der Waals surface area contributed by atoms with Crippen LogP contribution in [0, 0.1) is 6.92 Å². The molecule has 0 unspecified atom stereocenters. The zero-order valence-corrected chi connectivity index (χ0v) is 11.7. The summed E-state index contributed by atoms with van der Waals surface area (Å²) < 4.78 is 5.72. The fourth-order valence-corrected chi connectivity index (χ4v) is 2.52. The van der Waals surface area contributed by atoms with Crippen molar-refractivity contribution in [3.05, 3.63) is 47.5 Å². The third-order valence-corrected chi connectivity index (χ3v) is 3.91. The Labute approximate surface area is 114 Å². The van der Waals surface area contributed by atoms with E-state index < -0.39 is 0 Å². The summed E-state index contributed by atoms with van der Waals surface area (Å²) in [5, 5.41) is 0. The monoisotopic (exact) mass is 253 g/mol. The SMILES string of the molecule is Cc1ccc(-c2ccc3c(c2)C(C)(C)CO3)cc1N. The molecule has 1 aliphatic rings. The van der Waals surface area contributed by atoms with Crippen LogP contribution < -0.4 is 10.5 Å².